The van der Waals surface area contributed by atoms with Crippen LogP contribution in [0.5, 0.6) is 0 Å². The van der Waals surface area contributed by atoms with Gasteiger partial charge in [0.1, 0.15) is 11.4 Å². The number of hydrogen-bond acceptors (Lipinski definition) is 8. The highest BCUT2D eigenvalue weighted by Gasteiger charge is 2.37. The third-order valence-electron chi connectivity index (χ3n) is 9.21. The van der Waals surface area contributed by atoms with Gasteiger partial charge in [0.25, 0.3) is 11.5 Å². The Balaban J connectivity index is 1.18. The molecule has 0 unspecified atom stereocenters. The van der Waals surface area contributed by atoms with Crippen molar-refractivity contribution in [2.75, 3.05) is 43.6 Å². The van der Waals surface area contributed by atoms with Crippen molar-refractivity contribution in [2.45, 2.75) is 46.3 Å². The zero-order valence-electron chi connectivity index (χ0n) is 26.2. The maximum atomic E-state index is 13.8. The van der Waals surface area contributed by atoms with E-state index in [2.05, 4.69) is 38.7 Å². The second-order valence-corrected chi connectivity index (χ2v) is 13.0. The van der Waals surface area contributed by atoms with Crippen LogP contribution >= 0.6 is 0 Å². The van der Waals surface area contributed by atoms with Crippen LogP contribution < -0.4 is 15.8 Å². The molecule has 0 saturated heterocycles. The van der Waals surface area contributed by atoms with E-state index in [1.165, 1.54) is 15.8 Å². The first kappa shape index (κ1) is 29.2. The number of fused-ring (bicyclic) bond motifs is 4. The van der Waals surface area contributed by atoms with E-state index < -0.39 is 0 Å². The third kappa shape index (κ3) is 5.17. The zero-order chi connectivity index (χ0) is 31.5. The highest BCUT2D eigenvalue weighted by molar-refractivity contribution is 6.09. The van der Waals surface area contributed by atoms with Gasteiger partial charge in [-0.2, -0.15) is 5.10 Å². The van der Waals surface area contributed by atoms with Gasteiger partial charge in [-0.05, 0) is 42.0 Å². The van der Waals surface area contributed by atoms with Crippen molar-refractivity contribution >= 4 is 29.4 Å². The molecule has 3 aliphatic rings. The summed E-state index contributed by atoms with van der Waals surface area (Å²) in [6.07, 6.45) is 5.92. The Morgan fingerprint density at radius 2 is 1.93 bits per heavy atom. The Kier molecular flexibility index (Phi) is 7.20. The van der Waals surface area contributed by atoms with E-state index in [0.29, 0.717) is 59.4 Å². The molecule has 12 heteroatoms. The van der Waals surface area contributed by atoms with Gasteiger partial charge in [0, 0.05) is 76.6 Å². The Morgan fingerprint density at radius 1 is 1.09 bits per heavy atom. The van der Waals surface area contributed by atoms with E-state index in [-0.39, 0.29) is 16.9 Å². The molecular weight excluding hydrogens is 572 g/mol. The van der Waals surface area contributed by atoms with Gasteiger partial charge in [0.05, 0.1) is 35.8 Å². The van der Waals surface area contributed by atoms with Gasteiger partial charge in [-0.25, -0.2) is 0 Å². The predicted molar refractivity (Wildman–Crippen MR) is 170 cm³/mol. The summed E-state index contributed by atoms with van der Waals surface area (Å²) in [5.74, 6) is 0.448. The van der Waals surface area contributed by atoms with Gasteiger partial charge in [0.2, 0.25) is 0 Å². The molecule has 7 rings (SSSR count). The van der Waals surface area contributed by atoms with E-state index >= 15 is 0 Å². The average molecular weight is 611 g/mol. The topological polar surface area (TPSA) is 120 Å². The van der Waals surface area contributed by atoms with Crippen LogP contribution in [0.1, 0.15) is 51.6 Å². The van der Waals surface area contributed by atoms with Crippen molar-refractivity contribution in [3.05, 3.63) is 75.2 Å². The molecular formula is C33H38N8O4. The van der Waals surface area contributed by atoms with Crippen LogP contribution in [0.25, 0.3) is 11.3 Å². The maximum absolute atomic E-state index is 13.8. The molecule has 1 amide bonds. The fraction of sp³-hybridized carbons (Fsp3) is 0.424. The number of ether oxygens (including phenoxy) is 1. The molecule has 6 heterocycles. The zero-order valence-corrected chi connectivity index (χ0v) is 26.2. The summed E-state index contributed by atoms with van der Waals surface area (Å²) in [5.41, 5.74) is 6.27. The Morgan fingerprint density at radius 3 is 2.73 bits per heavy atom. The molecule has 0 radical (unpaired) electrons. The Labute approximate surface area is 261 Å². The lowest BCUT2D eigenvalue weighted by Gasteiger charge is -2.31. The van der Waals surface area contributed by atoms with Crippen LogP contribution in [0.15, 0.2) is 41.5 Å². The quantitative estimate of drug-likeness (QED) is 0.302. The smallest absolute Gasteiger partial charge is 0.274 e. The van der Waals surface area contributed by atoms with Crippen LogP contribution in [-0.4, -0.2) is 74.3 Å². The standard InChI is InChI=1S/C33H38N8O4/c1-33(2)16-21-14-27-32(44)40(9-8-39(27)28(21)17-33)26-5-6-34-30(24(26)20-42)22-13-25(31(43)37(3)18-22)35-29-15-23-19-38(11-12-45-4)7-10-41(23)36-29/h5-6,13-15,18,20H,7-12,16-17,19H2,1-4H3,(H,35,36). The third-order valence-corrected chi connectivity index (χ3v) is 9.21. The van der Waals surface area contributed by atoms with Crippen molar-refractivity contribution in [1.29, 1.82) is 0 Å². The molecule has 12 nitrogen and oxygen atoms in total. The molecule has 234 valence electrons. The molecule has 1 N–H and O–H groups in total. The minimum Gasteiger partial charge on any atom is -0.383 e. The summed E-state index contributed by atoms with van der Waals surface area (Å²) in [7, 11) is 3.36. The highest BCUT2D eigenvalue weighted by Crippen LogP contribution is 2.40. The van der Waals surface area contributed by atoms with Gasteiger partial charge in [-0.1, -0.05) is 13.8 Å². The summed E-state index contributed by atoms with van der Waals surface area (Å²) in [6, 6.07) is 7.39. The summed E-state index contributed by atoms with van der Waals surface area (Å²) in [4.78, 5) is 48.2. The van der Waals surface area contributed by atoms with Crippen molar-refractivity contribution in [3.63, 3.8) is 0 Å². The summed E-state index contributed by atoms with van der Waals surface area (Å²) in [5, 5.41) is 7.88. The van der Waals surface area contributed by atoms with E-state index in [1.807, 2.05) is 16.8 Å². The maximum Gasteiger partial charge on any atom is 0.274 e. The average Bonchev–Trinajstić information content (AvgIpc) is 3.67. The highest BCUT2D eigenvalue weighted by atomic mass is 16.5. The number of aldehydes is 1. The van der Waals surface area contributed by atoms with Crippen LogP contribution in [0.3, 0.4) is 0 Å². The lowest BCUT2D eigenvalue weighted by molar-refractivity contribution is 0.0964. The summed E-state index contributed by atoms with van der Waals surface area (Å²) < 4.78 is 10.8. The number of rotatable bonds is 8. The van der Waals surface area contributed by atoms with E-state index in [9.17, 15) is 14.4 Å². The SMILES string of the molecule is COCCN1CCn2nc(Nc3cc(-c4nccc(N5CCn6c(cc7c6CC(C)(C)C7)C5=O)c4C=O)cn(C)c3=O)cc2C1. The molecule has 45 heavy (non-hydrogen) atoms. The van der Waals surface area contributed by atoms with Crippen LogP contribution in [0.4, 0.5) is 17.2 Å². The number of methoxy groups -OCH3 is 1. The number of aryl methyl sites for hydroxylation is 1. The van der Waals surface area contributed by atoms with Crippen molar-refractivity contribution < 1.29 is 14.3 Å². The Bertz CT molecular complexity index is 1880. The molecule has 4 aromatic heterocycles. The number of aromatic nitrogens is 5. The number of amides is 1. The molecule has 2 aliphatic heterocycles. The first-order valence-electron chi connectivity index (χ1n) is 15.4. The fourth-order valence-corrected chi connectivity index (χ4v) is 7.05. The van der Waals surface area contributed by atoms with Crippen molar-refractivity contribution in [2.24, 2.45) is 12.5 Å². The van der Waals surface area contributed by atoms with Gasteiger partial charge in [-0.3, -0.25) is 28.9 Å². The van der Waals surface area contributed by atoms with Gasteiger partial charge in [0.15, 0.2) is 12.1 Å². The monoisotopic (exact) mass is 610 g/mol. The second-order valence-electron chi connectivity index (χ2n) is 13.0. The number of nitrogens with one attached hydrogen (secondary N) is 1. The summed E-state index contributed by atoms with van der Waals surface area (Å²) >= 11 is 0. The van der Waals surface area contributed by atoms with Gasteiger partial charge >= 0.3 is 0 Å². The number of hydrogen-bond donors (Lipinski definition) is 1. The number of nitrogens with zero attached hydrogens (tertiary/aromatic N) is 7. The lowest BCUT2D eigenvalue weighted by Crippen LogP contribution is -2.41. The predicted octanol–water partition coefficient (Wildman–Crippen LogP) is 3.25. The number of anilines is 3. The molecule has 4 aromatic rings. The van der Waals surface area contributed by atoms with Crippen LogP contribution in [-0.2, 0) is 44.3 Å². The first-order valence-corrected chi connectivity index (χ1v) is 15.4. The first-order chi connectivity index (χ1) is 21.7. The van der Waals surface area contributed by atoms with E-state index in [0.717, 1.165) is 51.0 Å². The van der Waals surface area contributed by atoms with Crippen LogP contribution in [0.2, 0.25) is 0 Å². The van der Waals surface area contributed by atoms with Gasteiger partial charge < -0.3 is 24.1 Å². The molecule has 1 aliphatic carbocycles. The van der Waals surface area contributed by atoms with Crippen molar-refractivity contribution in [3.8, 4) is 11.3 Å². The lowest BCUT2D eigenvalue weighted by atomic mass is 9.90. The molecule has 0 atom stereocenters. The Hall–Kier alpha value is -4.55. The minimum absolute atomic E-state index is 0.124. The second kappa shape index (κ2) is 11.1. The molecule has 0 saturated carbocycles. The van der Waals surface area contributed by atoms with E-state index in [4.69, 9.17) is 4.74 Å². The number of pyridine rings is 2. The minimum atomic E-state index is -0.238. The normalized spacial score (nSPS) is 17.2. The molecule has 0 spiro atoms. The largest absolute Gasteiger partial charge is 0.383 e. The number of carbonyl (C=O) groups is 2. The van der Waals surface area contributed by atoms with Gasteiger partial charge in [-0.15, -0.1) is 0 Å². The molecule has 0 bridgehead atoms. The molecule has 0 aromatic carbocycles. The molecule has 0 fully saturated rings. The number of carbonyl (C=O) groups excluding carboxylic acids is 2. The fourth-order valence-electron chi connectivity index (χ4n) is 7.05. The summed E-state index contributed by atoms with van der Waals surface area (Å²) in [6.45, 7) is 9.50. The van der Waals surface area contributed by atoms with E-state index in [1.54, 1.807) is 43.6 Å². The van der Waals surface area contributed by atoms with Crippen molar-refractivity contribution in [1.82, 2.24) is 28.8 Å². The van der Waals surface area contributed by atoms with Crippen LogP contribution in [0, 0.1) is 5.41 Å².